The molecule has 0 N–H and O–H groups in total. The lowest BCUT2D eigenvalue weighted by molar-refractivity contribution is -0.0240. The van der Waals surface area contributed by atoms with E-state index in [0.717, 1.165) is 13.1 Å². The molecule has 0 radical (unpaired) electrons. The minimum absolute atomic E-state index is 0.215. The molecule has 0 spiro atoms. The highest BCUT2D eigenvalue weighted by molar-refractivity contribution is 5.54. The van der Waals surface area contributed by atoms with Crippen LogP contribution in [0.1, 0.15) is 18.4 Å². The topological polar surface area (TPSA) is 51.4 Å². The molecular weight excluding hydrogens is 273 g/mol. The Labute approximate surface area is 122 Å². The lowest BCUT2D eigenvalue weighted by Crippen LogP contribution is -2.40. The normalized spacial score (nSPS) is 19.9. The fourth-order valence-electron chi connectivity index (χ4n) is 2.39. The van der Waals surface area contributed by atoms with Crippen molar-refractivity contribution >= 4 is 0 Å². The maximum Gasteiger partial charge on any atom is 0.241 e. The summed E-state index contributed by atoms with van der Waals surface area (Å²) in [6.45, 7) is 6.76. The zero-order chi connectivity index (χ0) is 14.8. The molecule has 1 fully saturated rings. The number of halogens is 1. The first-order valence-corrected chi connectivity index (χ1v) is 7.05. The fraction of sp³-hybridized carbons (Fsp3) is 0.467. The van der Waals surface area contributed by atoms with Crippen molar-refractivity contribution in [3.05, 3.63) is 35.5 Å². The van der Waals surface area contributed by atoms with Gasteiger partial charge in [-0.05, 0) is 25.5 Å². The van der Waals surface area contributed by atoms with Gasteiger partial charge < -0.3 is 9.26 Å². The van der Waals surface area contributed by atoms with Gasteiger partial charge >= 0.3 is 0 Å². The third-order valence-corrected chi connectivity index (χ3v) is 3.58. The summed E-state index contributed by atoms with van der Waals surface area (Å²) < 4.78 is 24.3. The Bertz CT molecular complexity index is 629. The third-order valence-electron chi connectivity index (χ3n) is 3.58. The molecular formula is C15H18FN3O2. The molecule has 6 heteroatoms. The van der Waals surface area contributed by atoms with E-state index in [1.165, 1.54) is 6.07 Å². The van der Waals surface area contributed by atoms with Gasteiger partial charge in [0.05, 0.1) is 19.3 Å². The van der Waals surface area contributed by atoms with Crippen LogP contribution in [0.15, 0.2) is 22.7 Å². The first-order valence-electron chi connectivity index (χ1n) is 7.05. The first-order chi connectivity index (χ1) is 10.1. The summed E-state index contributed by atoms with van der Waals surface area (Å²) in [6.07, 6.45) is 0.215. The van der Waals surface area contributed by atoms with Crippen molar-refractivity contribution in [2.24, 2.45) is 0 Å². The molecule has 1 aromatic carbocycles. The monoisotopic (exact) mass is 291 g/mol. The van der Waals surface area contributed by atoms with Crippen LogP contribution in [-0.4, -0.2) is 40.8 Å². The highest BCUT2D eigenvalue weighted by Gasteiger charge is 2.19. The van der Waals surface area contributed by atoms with Gasteiger partial charge in [-0.1, -0.05) is 17.3 Å². The van der Waals surface area contributed by atoms with Gasteiger partial charge in [-0.25, -0.2) is 4.39 Å². The van der Waals surface area contributed by atoms with Crippen LogP contribution in [0.4, 0.5) is 4.39 Å². The van der Waals surface area contributed by atoms with Crippen LogP contribution in [0.2, 0.25) is 0 Å². The molecule has 1 saturated heterocycles. The van der Waals surface area contributed by atoms with Crippen LogP contribution in [0.5, 0.6) is 0 Å². The van der Waals surface area contributed by atoms with Gasteiger partial charge in [-0.3, -0.25) is 4.90 Å². The molecule has 1 aliphatic heterocycles. The first kappa shape index (κ1) is 14.2. The van der Waals surface area contributed by atoms with Gasteiger partial charge in [-0.2, -0.15) is 4.98 Å². The van der Waals surface area contributed by atoms with E-state index in [2.05, 4.69) is 15.0 Å². The molecule has 0 amide bonds. The molecule has 2 heterocycles. The van der Waals surface area contributed by atoms with Crippen LogP contribution in [-0.2, 0) is 11.3 Å². The molecule has 3 rings (SSSR count). The van der Waals surface area contributed by atoms with Crippen LogP contribution in [0.3, 0.4) is 0 Å². The lowest BCUT2D eigenvalue weighted by Gasteiger charge is -2.29. The number of nitrogens with zero attached hydrogens (tertiary/aromatic N) is 3. The molecule has 5 nitrogen and oxygen atoms in total. The predicted octanol–water partition coefficient (Wildman–Crippen LogP) is 2.40. The summed E-state index contributed by atoms with van der Waals surface area (Å²) in [6, 6.07) is 4.94. The van der Waals surface area contributed by atoms with Crippen LogP contribution in [0, 0.1) is 12.7 Å². The van der Waals surface area contributed by atoms with E-state index in [1.54, 1.807) is 19.1 Å². The Hall–Kier alpha value is -1.79. The second-order valence-electron chi connectivity index (χ2n) is 5.39. The summed E-state index contributed by atoms with van der Waals surface area (Å²) in [5, 5.41) is 3.93. The van der Waals surface area contributed by atoms with Crippen molar-refractivity contribution in [3.63, 3.8) is 0 Å². The number of aromatic nitrogens is 2. The Balaban J connectivity index is 1.72. The zero-order valence-corrected chi connectivity index (χ0v) is 12.2. The number of hydrogen-bond donors (Lipinski definition) is 0. The van der Waals surface area contributed by atoms with E-state index >= 15 is 0 Å². The third kappa shape index (κ3) is 3.28. The smallest absolute Gasteiger partial charge is 0.241 e. The molecule has 1 aliphatic rings. The van der Waals surface area contributed by atoms with Crippen LogP contribution >= 0.6 is 0 Å². The van der Waals surface area contributed by atoms with Crippen molar-refractivity contribution < 1.29 is 13.7 Å². The van der Waals surface area contributed by atoms with Gasteiger partial charge in [0.15, 0.2) is 0 Å². The van der Waals surface area contributed by atoms with Crippen molar-refractivity contribution in [1.29, 1.82) is 0 Å². The maximum absolute atomic E-state index is 13.6. The Morgan fingerprint density at radius 2 is 2.29 bits per heavy atom. The summed E-state index contributed by atoms with van der Waals surface area (Å²) in [7, 11) is 0. The average molecular weight is 291 g/mol. The number of hydrogen-bond acceptors (Lipinski definition) is 5. The van der Waals surface area contributed by atoms with Gasteiger partial charge in [0, 0.05) is 18.7 Å². The number of aryl methyl sites for hydroxylation is 1. The Morgan fingerprint density at radius 3 is 3.05 bits per heavy atom. The van der Waals surface area contributed by atoms with E-state index in [4.69, 9.17) is 9.26 Å². The van der Waals surface area contributed by atoms with E-state index in [0.29, 0.717) is 36.0 Å². The second kappa shape index (κ2) is 5.91. The van der Waals surface area contributed by atoms with Crippen LogP contribution < -0.4 is 0 Å². The largest absolute Gasteiger partial charge is 0.376 e. The van der Waals surface area contributed by atoms with E-state index in [-0.39, 0.29) is 11.9 Å². The minimum Gasteiger partial charge on any atom is -0.376 e. The maximum atomic E-state index is 13.6. The predicted molar refractivity (Wildman–Crippen MR) is 75.1 cm³/mol. The molecule has 1 atom stereocenters. The molecule has 0 saturated carbocycles. The SMILES string of the molecule is Cc1ccc(-c2noc(CN3CCO[C@H](C)C3)n2)cc1F. The van der Waals surface area contributed by atoms with Crippen molar-refractivity contribution in [3.8, 4) is 11.4 Å². The Kier molecular flexibility index (Phi) is 3.98. The van der Waals surface area contributed by atoms with Crippen LogP contribution in [0.25, 0.3) is 11.4 Å². The fourth-order valence-corrected chi connectivity index (χ4v) is 2.39. The number of benzene rings is 1. The molecule has 112 valence electrons. The molecule has 0 aliphatic carbocycles. The van der Waals surface area contributed by atoms with E-state index in [9.17, 15) is 4.39 Å². The molecule has 2 aromatic rings. The summed E-state index contributed by atoms with van der Waals surface area (Å²) in [5.74, 6) is 0.700. The van der Waals surface area contributed by atoms with Crippen molar-refractivity contribution in [2.75, 3.05) is 19.7 Å². The number of ether oxygens (including phenoxy) is 1. The average Bonchev–Trinajstić information content (AvgIpc) is 2.90. The minimum atomic E-state index is -0.263. The van der Waals surface area contributed by atoms with Crippen molar-refractivity contribution in [2.45, 2.75) is 26.5 Å². The molecule has 0 unspecified atom stereocenters. The van der Waals surface area contributed by atoms with Gasteiger partial charge in [0.25, 0.3) is 0 Å². The van der Waals surface area contributed by atoms with E-state index in [1.807, 2.05) is 6.92 Å². The molecule has 0 bridgehead atoms. The van der Waals surface area contributed by atoms with Gasteiger partial charge in [0.2, 0.25) is 11.7 Å². The lowest BCUT2D eigenvalue weighted by atomic mass is 10.1. The van der Waals surface area contributed by atoms with E-state index < -0.39 is 0 Å². The van der Waals surface area contributed by atoms with Crippen molar-refractivity contribution in [1.82, 2.24) is 15.0 Å². The zero-order valence-electron chi connectivity index (χ0n) is 12.2. The number of morpholine rings is 1. The summed E-state index contributed by atoms with van der Waals surface area (Å²) >= 11 is 0. The highest BCUT2D eigenvalue weighted by Crippen LogP contribution is 2.19. The van der Waals surface area contributed by atoms with Gasteiger partial charge in [-0.15, -0.1) is 0 Å². The molecule has 21 heavy (non-hydrogen) atoms. The number of rotatable bonds is 3. The molecule has 1 aromatic heterocycles. The van der Waals surface area contributed by atoms with Gasteiger partial charge in [0.1, 0.15) is 5.82 Å². The quantitative estimate of drug-likeness (QED) is 0.869. The summed E-state index contributed by atoms with van der Waals surface area (Å²) in [5.41, 5.74) is 1.23. The highest BCUT2D eigenvalue weighted by atomic mass is 19.1. The Morgan fingerprint density at radius 1 is 1.43 bits per heavy atom. The standard InChI is InChI=1S/C15H18FN3O2/c1-10-3-4-12(7-13(10)16)15-17-14(21-18-15)9-19-5-6-20-11(2)8-19/h3-4,7,11H,5-6,8-9H2,1-2H3/t11-/m1/s1. The second-order valence-corrected chi connectivity index (χ2v) is 5.39. The summed E-state index contributed by atoms with van der Waals surface area (Å²) in [4.78, 5) is 6.55.